The number of aliphatic hydroxyl groups is 2. The highest BCUT2D eigenvalue weighted by Gasteiger charge is 2.09. The van der Waals surface area contributed by atoms with E-state index in [9.17, 15) is 4.79 Å². The second kappa shape index (κ2) is 6.58. The quantitative estimate of drug-likeness (QED) is 0.669. The highest BCUT2D eigenvalue weighted by molar-refractivity contribution is 6.30. The van der Waals surface area contributed by atoms with Crippen molar-refractivity contribution in [3.05, 3.63) is 28.3 Å². The van der Waals surface area contributed by atoms with Crippen molar-refractivity contribution in [1.29, 1.82) is 0 Å². The molecule has 0 saturated carbocycles. The van der Waals surface area contributed by atoms with Crippen LogP contribution < -0.4 is 10.6 Å². The Labute approximate surface area is 111 Å². The predicted molar refractivity (Wildman–Crippen MR) is 71.0 cm³/mol. The summed E-state index contributed by atoms with van der Waals surface area (Å²) in [6.07, 6.45) is -0.955. The van der Waals surface area contributed by atoms with Gasteiger partial charge in [0.25, 0.3) is 0 Å². The maximum absolute atomic E-state index is 11.6. The van der Waals surface area contributed by atoms with Gasteiger partial charge in [-0.3, -0.25) is 0 Å². The predicted octanol–water partition coefficient (Wildman–Crippen LogP) is 1.43. The van der Waals surface area contributed by atoms with Crippen molar-refractivity contribution >= 4 is 23.3 Å². The Morgan fingerprint density at radius 1 is 1.39 bits per heavy atom. The summed E-state index contributed by atoms with van der Waals surface area (Å²) in [5.74, 6) is 0. The van der Waals surface area contributed by atoms with Gasteiger partial charge in [-0.15, -0.1) is 0 Å². The molecule has 0 aliphatic rings. The number of rotatable bonds is 4. The fraction of sp³-hybridized carbons (Fsp3) is 0.417. The Morgan fingerprint density at radius 2 is 1.94 bits per heavy atom. The van der Waals surface area contributed by atoms with Crippen LogP contribution in [0.2, 0.25) is 5.02 Å². The van der Waals surface area contributed by atoms with Crippen LogP contribution in [0.5, 0.6) is 0 Å². The molecule has 0 bridgehead atoms. The smallest absolute Gasteiger partial charge is 0.319 e. The molecule has 0 aromatic heterocycles. The first-order valence-corrected chi connectivity index (χ1v) is 5.92. The zero-order valence-corrected chi connectivity index (χ0v) is 11.1. The van der Waals surface area contributed by atoms with E-state index in [1.54, 1.807) is 12.1 Å². The molecule has 1 aromatic carbocycles. The van der Waals surface area contributed by atoms with Crippen LogP contribution in [-0.2, 0) is 0 Å². The van der Waals surface area contributed by atoms with Gasteiger partial charge < -0.3 is 20.8 Å². The third kappa shape index (κ3) is 4.18. The molecule has 0 spiro atoms. The van der Waals surface area contributed by atoms with Crippen LogP contribution in [0.3, 0.4) is 0 Å². The van der Waals surface area contributed by atoms with Gasteiger partial charge in [0, 0.05) is 17.3 Å². The highest BCUT2D eigenvalue weighted by Crippen LogP contribution is 2.24. The molecule has 6 heteroatoms. The number of halogens is 1. The van der Waals surface area contributed by atoms with E-state index >= 15 is 0 Å². The maximum Gasteiger partial charge on any atom is 0.319 e. The second-order valence-corrected chi connectivity index (χ2v) is 4.52. The van der Waals surface area contributed by atoms with Gasteiger partial charge in [0.2, 0.25) is 0 Å². The minimum absolute atomic E-state index is 0.00593. The molecule has 4 N–H and O–H groups in total. The van der Waals surface area contributed by atoms with E-state index in [4.69, 9.17) is 21.8 Å². The van der Waals surface area contributed by atoms with E-state index in [1.165, 1.54) is 0 Å². The largest absolute Gasteiger partial charge is 0.394 e. The van der Waals surface area contributed by atoms with Crippen molar-refractivity contribution < 1.29 is 15.0 Å². The summed E-state index contributed by atoms with van der Waals surface area (Å²) >= 11 is 5.89. The average Bonchev–Trinajstić information content (AvgIpc) is 2.30. The molecule has 1 atom stereocenters. The average molecular weight is 273 g/mol. The molecule has 0 saturated heterocycles. The lowest BCUT2D eigenvalue weighted by Crippen LogP contribution is -2.36. The molecular weight excluding hydrogens is 256 g/mol. The standard InChI is InChI=1S/C12H17ClN2O3/c1-7-3-9(13)4-8(2)11(7)15-12(18)14-5-10(17)6-16/h3-4,10,16-17H,5-6H2,1-2H3,(H2,14,15,18). The van der Waals surface area contributed by atoms with E-state index in [0.29, 0.717) is 10.7 Å². The number of amides is 2. The molecule has 1 rings (SSSR count). The molecule has 0 aliphatic carbocycles. The molecule has 0 heterocycles. The number of carbonyl (C=O) groups is 1. The van der Waals surface area contributed by atoms with Gasteiger partial charge in [-0.1, -0.05) is 11.6 Å². The SMILES string of the molecule is Cc1cc(Cl)cc(C)c1NC(=O)NCC(O)CO. The first kappa shape index (κ1) is 14.8. The normalized spacial score (nSPS) is 12.1. The van der Waals surface area contributed by atoms with Crippen LogP contribution in [-0.4, -0.2) is 35.5 Å². The van der Waals surface area contributed by atoms with E-state index < -0.39 is 12.1 Å². The molecule has 1 unspecified atom stereocenters. The van der Waals surface area contributed by atoms with Crippen LogP contribution in [0.25, 0.3) is 0 Å². The third-order valence-corrected chi connectivity index (χ3v) is 2.66. The van der Waals surface area contributed by atoms with Gasteiger partial charge in [-0.05, 0) is 37.1 Å². The van der Waals surface area contributed by atoms with E-state index in [2.05, 4.69) is 10.6 Å². The summed E-state index contributed by atoms with van der Waals surface area (Å²) in [5.41, 5.74) is 2.41. The number of hydrogen-bond acceptors (Lipinski definition) is 3. The summed E-state index contributed by atoms with van der Waals surface area (Å²) in [4.78, 5) is 11.6. The molecule has 0 fully saturated rings. The summed E-state index contributed by atoms with van der Waals surface area (Å²) in [6, 6.07) is 3.08. The molecule has 18 heavy (non-hydrogen) atoms. The molecular formula is C12H17ClN2O3. The Bertz CT molecular complexity index is 414. The third-order valence-electron chi connectivity index (χ3n) is 2.44. The molecule has 5 nitrogen and oxygen atoms in total. The lowest BCUT2D eigenvalue weighted by molar-refractivity contribution is 0.0965. The zero-order chi connectivity index (χ0) is 13.7. The van der Waals surface area contributed by atoms with Crippen LogP contribution in [0.4, 0.5) is 10.5 Å². The van der Waals surface area contributed by atoms with E-state index in [-0.39, 0.29) is 13.2 Å². The molecule has 1 aromatic rings. The van der Waals surface area contributed by atoms with Gasteiger partial charge in [0.15, 0.2) is 0 Å². The number of urea groups is 1. The van der Waals surface area contributed by atoms with Crippen molar-refractivity contribution in [2.75, 3.05) is 18.5 Å². The van der Waals surface area contributed by atoms with Crippen LogP contribution in [0.1, 0.15) is 11.1 Å². The van der Waals surface area contributed by atoms with Gasteiger partial charge in [0.1, 0.15) is 0 Å². The van der Waals surface area contributed by atoms with E-state index in [1.807, 2.05) is 13.8 Å². The van der Waals surface area contributed by atoms with E-state index in [0.717, 1.165) is 11.1 Å². The minimum Gasteiger partial charge on any atom is -0.394 e. The number of nitrogens with one attached hydrogen (secondary N) is 2. The molecule has 0 aliphatic heterocycles. The lowest BCUT2D eigenvalue weighted by Gasteiger charge is -2.14. The summed E-state index contributed by atoms with van der Waals surface area (Å²) < 4.78 is 0. The van der Waals surface area contributed by atoms with Gasteiger partial charge in [-0.2, -0.15) is 0 Å². The van der Waals surface area contributed by atoms with Crippen LogP contribution in [0.15, 0.2) is 12.1 Å². The molecule has 100 valence electrons. The summed E-state index contributed by atoms with van der Waals surface area (Å²) in [7, 11) is 0. The maximum atomic E-state index is 11.6. The monoisotopic (exact) mass is 272 g/mol. The van der Waals surface area contributed by atoms with Crippen molar-refractivity contribution in [3.63, 3.8) is 0 Å². The van der Waals surface area contributed by atoms with Crippen LogP contribution in [0, 0.1) is 13.8 Å². The number of hydrogen-bond donors (Lipinski definition) is 4. The van der Waals surface area contributed by atoms with Crippen molar-refractivity contribution in [1.82, 2.24) is 5.32 Å². The minimum atomic E-state index is -0.955. The highest BCUT2D eigenvalue weighted by atomic mass is 35.5. The number of aryl methyl sites for hydroxylation is 2. The first-order chi connectivity index (χ1) is 8.43. The van der Waals surface area contributed by atoms with Gasteiger partial charge in [0.05, 0.1) is 12.7 Å². The Morgan fingerprint density at radius 3 is 2.44 bits per heavy atom. The molecule has 0 radical (unpaired) electrons. The van der Waals surface area contributed by atoms with Crippen LogP contribution >= 0.6 is 11.6 Å². The number of aliphatic hydroxyl groups excluding tert-OH is 2. The number of anilines is 1. The van der Waals surface area contributed by atoms with Crippen molar-refractivity contribution in [3.8, 4) is 0 Å². The Hall–Kier alpha value is -1.30. The van der Waals surface area contributed by atoms with Gasteiger partial charge >= 0.3 is 6.03 Å². The molecule has 2 amide bonds. The fourth-order valence-electron chi connectivity index (χ4n) is 1.54. The number of benzene rings is 1. The number of carbonyl (C=O) groups excluding carboxylic acids is 1. The van der Waals surface area contributed by atoms with Crippen molar-refractivity contribution in [2.24, 2.45) is 0 Å². The summed E-state index contributed by atoms with van der Waals surface area (Å²) in [6.45, 7) is 3.29. The topological polar surface area (TPSA) is 81.6 Å². The second-order valence-electron chi connectivity index (χ2n) is 4.09. The van der Waals surface area contributed by atoms with Gasteiger partial charge in [-0.25, -0.2) is 4.79 Å². The summed E-state index contributed by atoms with van der Waals surface area (Å²) in [5, 5.41) is 23.5. The Balaban J connectivity index is 2.65. The Kier molecular flexibility index (Phi) is 5.40. The lowest BCUT2D eigenvalue weighted by atomic mass is 10.1. The zero-order valence-electron chi connectivity index (χ0n) is 10.3. The fourth-order valence-corrected chi connectivity index (χ4v) is 1.87. The first-order valence-electron chi connectivity index (χ1n) is 5.54. The van der Waals surface area contributed by atoms with Crippen molar-refractivity contribution in [2.45, 2.75) is 20.0 Å².